The van der Waals surface area contributed by atoms with Gasteiger partial charge in [0.1, 0.15) is 0 Å². The minimum absolute atomic E-state index is 0.0428. The van der Waals surface area contributed by atoms with Gasteiger partial charge >= 0.3 is 0 Å². The summed E-state index contributed by atoms with van der Waals surface area (Å²) in [4.78, 5) is 16.1. The first-order valence-electron chi connectivity index (χ1n) is 7.54. The number of carbonyl (C=O) groups excluding carboxylic acids is 1. The second-order valence-corrected chi connectivity index (χ2v) is 6.26. The summed E-state index contributed by atoms with van der Waals surface area (Å²) in [7, 11) is 0. The molecule has 2 aromatic rings. The van der Waals surface area contributed by atoms with Crippen LogP contribution >= 0.6 is 11.6 Å². The van der Waals surface area contributed by atoms with Gasteiger partial charge in [-0.05, 0) is 37.1 Å². The number of amides is 1. The van der Waals surface area contributed by atoms with Crippen LogP contribution in [0.15, 0.2) is 28.7 Å². The van der Waals surface area contributed by atoms with Crippen LogP contribution in [0, 0.1) is 12.8 Å². The molecular formula is C17H21ClN2O3. The van der Waals surface area contributed by atoms with Crippen LogP contribution in [0.25, 0.3) is 11.3 Å². The van der Waals surface area contributed by atoms with Crippen molar-refractivity contribution >= 4 is 17.5 Å². The van der Waals surface area contributed by atoms with Crippen LogP contribution in [-0.2, 0) is 11.3 Å². The van der Waals surface area contributed by atoms with E-state index in [2.05, 4.69) is 10.3 Å². The quantitative estimate of drug-likeness (QED) is 0.848. The standard InChI is InChI=1S/C17H21ClN2O3/c1-10(2)14(21)8-15(22)19-9-16-20-11(3)17(23-16)12-4-6-13(18)7-5-12/h4-7,10,14,21H,8-9H2,1-3H3,(H,19,22). The molecule has 1 unspecified atom stereocenters. The highest BCUT2D eigenvalue weighted by Gasteiger charge is 2.16. The lowest BCUT2D eigenvalue weighted by Gasteiger charge is -2.13. The summed E-state index contributed by atoms with van der Waals surface area (Å²) in [5.41, 5.74) is 1.63. The van der Waals surface area contributed by atoms with Crippen molar-refractivity contribution in [3.05, 3.63) is 40.9 Å². The van der Waals surface area contributed by atoms with Crippen LogP contribution in [0.1, 0.15) is 31.9 Å². The maximum Gasteiger partial charge on any atom is 0.223 e. The van der Waals surface area contributed by atoms with Gasteiger partial charge in [0.05, 0.1) is 24.8 Å². The maximum absolute atomic E-state index is 11.8. The molecule has 2 rings (SSSR count). The summed E-state index contributed by atoms with van der Waals surface area (Å²) in [6, 6.07) is 7.29. The lowest BCUT2D eigenvalue weighted by Crippen LogP contribution is -2.29. The van der Waals surface area contributed by atoms with Crippen molar-refractivity contribution in [1.82, 2.24) is 10.3 Å². The molecule has 6 heteroatoms. The lowest BCUT2D eigenvalue weighted by molar-refractivity contribution is -0.123. The summed E-state index contributed by atoms with van der Waals surface area (Å²) in [5, 5.41) is 13.1. The average molecular weight is 337 g/mol. The molecule has 0 bridgehead atoms. The molecule has 1 heterocycles. The van der Waals surface area contributed by atoms with E-state index in [9.17, 15) is 9.90 Å². The van der Waals surface area contributed by atoms with Crippen molar-refractivity contribution in [3.8, 4) is 11.3 Å². The second kappa shape index (κ2) is 7.62. The number of benzene rings is 1. The Balaban J connectivity index is 1.98. The largest absolute Gasteiger partial charge is 0.438 e. The van der Waals surface area contributed by atoms with E-state index in [0.29, 0.717) is 16.7 Å². The van der Waals surface area contributed by atoms with Gasteiger partial charge in [0.25, 0.3) is 0 Å². The fourth-order valence-electron chi connectivity index (χ4n) is 2.07. The monoisotopic (exact) mass is 336 g/mol. The molecule has 2 N–H and O–H groups in total. The number of aromatic nitrogens is 1. The van der Waals surface area contributed by atoms with Crippen LogP contribution in [0.2, 0.25) is 5.02 Å². The molecule has 1 amide bonds. The van der Waals surface area contributed by atoms with Crippen LogP contribution in [0.5, 0.6) is 0 Å². The van der Waals surface area contributed by atoms with Gasteiger partial charge in [-0.3, -0.25) is 4.79 Å². The molecule has 1 aromatic carbocycles. The Morgan fingerprint density at radius 1 is 1.35 bits per heavy atom. The van der Waals surface area contributed by atoms with E-state index in [1.165, 1.54) is 0 Å². The molecule has 0 radical (unpaired) electrons. The number of aryl methyl sites for hydroxylation is 1. The zero-order valence-corrected chi connectivity index (χ0v) is 14.2. The van der Waals surface area contributed by atoms with E-state index in [1.807, 2.05) is 32.9 Å². The van der Waals surface area contributed by atoms with E-state index in [1.54, 1.807) is 12.1 Å². The third-order valence-electron chi connectivity index (χ3n) is 3.55. The number of aliphatic hydroxyl groups is 1. The Kier molecular flexibility index (Phi) is 5.80. The van der Waals surface area contributed by atoms with Gasteiger partial charge in [-0.15, -0.1) is 0 Å². The molecule has 5 nitrogen and oxygen atoms in total. The Hall–Kier alpha value is -1.85. The molecule has 0 aliphatic carbocycles. The highest BCUT2D eigenvalue weighted by molar-refractivity contribution is 6.30. The Morgan fingerprint density at radius 2 is 2.00 bits per heavy atom. The smallest absolute Gasteiger partial charge is 0.223 e. The van der Waals surface area contributed by atoms with Crippen molar-refractivity contribution < 1.29 is 14.3 Å². The maximum atomic E-state index is 11.8. The topological polar surface area (TPSA) is 75.4 Å². The third-order valence-corrected chi connectivity index (χ3v) is 3.80. The molecular weight excluding hydrogens is 316 g/mol. The van der Waals surface area contributed by atoms with E-state index in [0.717, 1.165) is 11.3 Å². The van der Waals surface area contributed by atoms with Gasteiger partial charge in [-0.1, -0.05) is 25.4 Å². The van der Waals surface area contributed by atoms with E-state index >= 15 is 0 Å². The van der Waals surface area contributed by atoms with Gasteiger partial charge in [0.2, 0.25) is 11.8 Å². The first-order valence-corrected chi connectivity index (χ1v) is 7.91. The summed E-state index contributed by atoms with van der Waals surface area (Å²) >= 11 is 5.88. The number of aliphatic hydroxyl groups excluding tert-OH is 1. The van der Waals surface area contributed by atoms with Gasteiger partial charge in [0.15, 0.2) is 5.76 Å². The molecule has 0 saturated carbocycles. The summed E-state index contributed by atoms with van der Waals surface area (Å²) < 4.78 is 5.71. The molecule has 0 saturated heterocycles. The normalized spacial score (nSPS) is 12.4. The molecule has 0 spiro atoms. The lowest BCUT2D eigenvalue weighted by atomic mass is 10.0. The number of nitrogens with zero attached hydrogens (tertiary/aromatic N) is 1. The molecule has 0 aliphatic heterocycles. The van der Waals surface area contributed by atoms with Crippen LogP contribution in [-0.4, -0.2) is 22.1 Å². The SMILES string of the molecule is Cc1nc(CNC(=O)CC(O)C(C)C)oc1-c1ccc(Cl)cc1. The van der Waals surface area contributed by atoms with Crippen molar-refractivity contribution in [3.63, 3.8) is 0 Å². The number of oxazole rings is 1. The number of halogens is 1. The van der Waals surface area contributed by atoms with Crippen LogP contribution in [0.3, 0.4) is 0 Å². The van der Waals surface area contributed by atoms with Gasteiger partial charge < -0.3 is 14.8 Å². The van der Waals surface area contributed by atoms with Crippen molar-refractivity contribution in [2.24, 2.45) is 5.92 Å². The fraction of sp³-hybridized carbons (Fsp3) is 0.412. The summed E-state index contributed by atoms with van der Waals surface area (Å²) in [6.07, 6.45) is -0.576. The second-order valence-electron chi connectivity index (χ2n) is 5.82. The highest BCUT2D eigenvalue weighted by Crippen LogP contribution is 2.25. The molecule has 124 valence electrons. The van der Waals surface area contributed by atoms with E-state index in [-0.39, 0.29) is 24.8 Å². The number of hydrogen-bond acceptors (Lipinski definition) is 4. The predicted octanol–water partition coefficient (Wildman–Crippen LogP) is 3.33. The Morgan fingerprint density at radius 3 is 2.61 bits per heavy atom. The van der Waals surface area contributed by atoms with Gasteiger partial charge in [0, 0.05) is 10.6 Å². The fourth-order valence-corrected chi connectivity index (χ4v) is 2.20. The van der Waals surface area contributed by atoms with E-state index in [4.69, 9.17) is 16.0 Å². The summed E-state index contributed by atoms with van der Waals surface area (Å²) in [6.45, 7) is 5.78. The molecule has 1 atom stereocenters. The van der Waals surface area contributed by atoms with Crippen molar-refractivity contribution in [2.75, 3.05) is 0 Å². The van der Waals surface area contributed by atoms with Crippen molar-refractivity contribution in [2.45, 2.75) is 39.8 Å². The molecule has 23 heavy (non-hydrogen) atoms. The van der Waals surface area contributed by atoms with Crippen LogP contribution < -0.4 is 5.32 Å². The van der Waals surface area contributed by atoms with Gasteiger partial charge in [-0.25, -0.2) is 4.98 Å². The van der Waals surface area contributed by atoms with E-state index < -0.39 is 6.10 Å². The first kappa shape index (κ1) is 17.5. The molecule has 0 aliphatic rings. The average Bonchev–Trinajstić information content (AvgIpc) is 2.87. The number of nitrogens with one attached hydrogen (secondary N) is 1. The van der Waals surface area contributed by atoms with Gasteiger partial charge in [-0.2, -0.15) is 0 Å². The number of hydrogen-bond donors (Lipinski definition) is 2. The molecule has 0 fully saturated rings. The predicted molar refractivity (Wildman–Crippen MR) is 89.0 cm³/mol. The third kappa shape index (κ3) is 4.81. The minimum atomic E-state index is -0.647. The van der Waals surface area contributed by atoms with Crippen molar-refractivity contribution in [1.29, 1.82) is 0 Å². The zero-order chi connectivity index (χ0) is 17.0. The van der Waals surface area contributed by atoms with Crippen LogP contribution in [0.4, 0.5) is 0 Å². The Bertz CT molecular complexity index is 665. The Labute approximate surface area is 140 Å². The first-order chi connectivity index (χ1) is 10.9. The minimum Gasteiger partial charge on any atom is -0.438 e. The highest BCUT2D eigenvalue weighted by atomic mass is 35.5. The zero-order valence-electron chi connectivity index (χ0n) is 13.5. The number of rotatable bonds is 6. The summed E-state index contributed by atoms with van der Waals surface area (Å²) in [5.74, 6) is 0.907. The molecule has 1 aromatic heterocycles. The number of carbonyl (C=O) groups is 1.